The van der Waals surface area contributed by atoms with Gasteiger partial charge in [-0.2, -0.15) is 0 Å². The molecule has 4 N–H and O–H groups in total. The zero-order valence-corrected chi connectivity index (χ0v) is 11.3. The molecule has 0 heterocycles. The van der Waals surface area contributed by atoms with E-state index < -0.39 is 0 Å². The number of rotatable bonds is 5. The zero-order chi connectivity index (χ0) is 14.4. The van der Waals surface area contributed by atoms with E-state index in [1.54, 1.807) is 19.1 Å². The molecule has 0 aliphatic carbocycles. The number of ether oxygens (including phenoxy) is 1. The summed E-state index contributed by atoms with van der Waals surface area (Å²) in [5.41, 5.74) is 7.11. The molecular weight excluding hydrogens is 246 g/mol. The van der Waals surface area contributed by atoms with E-state index >= 15 is 0 Å². The number of amidine groups is 1. The zero-order valence-electron chi connectivity index (χ0n) is 11.3. The Labute approximate surface area is 112 Å². The number of esters is 1. The molecule has 0 aliphatic heterocycles. The first-order chi connectivity index (χ1) is 8.99. The van der Waals surface area contributed by atoms with Gasteiger partial charge in [0.1, 0.15) is 6.04 Å². The SMILES string of the molecule is COC(=O)[C@H](C)N[C@@H](C)c1ccc(C(N)=NO)cc1. The van der Waals surface area contributed by atoms with Crippen molar-refractivity contribution in [2.45, 2.75) is 25.9 Å². The summed E-state index contributed by atoms with van der Waals surface area (Å²) >= 11 is 0. The van der Waals surface area contributed by atoms with Crippen LogP contribution in [-0.2, 0) is 9.53 Å². The maximum Gasteiger partial charge on any atom is 0.322 e. The van der Waals surface area contributed by atoms with Crippen LogP contribution in [-0.4, -0.2) is 30.2 Å². The van der Waals surface area contributed by atoms with Crippen LogP contribution in [0.1, 0.15) is 31.0 Å². The molecule has 0 spiro atoms. The fourth-order valence-electron chi connectivity index (χ4n) is 1.72. The van der Waals surface area contributed by atoms with Crippen molar-refractivity contribution in [3.05, 3.63) is 35.4 Å². The van der Waals surface area contributed by atoms with Gasteiger partial charge in [0.2, 0.25) is 0 Å². The number of carbonyl (C=O) groups excluding carboxylic acids is 1. The number of benzene rings is 1. The smallest absolute Gasteiger partial charge is 0.322 e. The van der Waals surface area contributed by atoms with E-state index in [0.717, 1.165) is 5.56 Å². The average molecular weight is 265 g/mol. The monoisotopic (exact) mass is 265 g/mol. The van der Waals surface area contributed by atoms with E-state index in [9.17, 15) is 4.79 Å². The molecule has 6 nitrogen and oxygen atoms in total. The second kappa shape index (κ2) is 6.75. The van der Waals surface area contributed by atoms with Crippen LogP contribution >= 0.6 is 0 Å². The molecule has 0 bridgehead atoms. The maximum absolute atomic E-state index is 11.3. The molecule has 0 fully saturated rings. The lowest BCUT2D eigenvalue weighted by Crippen LogP contribution is -2.36. The molecule has 6 heteroatoms. The van der Waals surface area contributed by atoms with Crippen molar-refractivity contribution in [2.24, 2.45) is 10.9 Å². The Morgan fingerprint density at radius 2 is 1.95 bits per heavy atom. The molecule has 2 atom stereocenters. The molecule has 19 heavy (non-hydrogen) atoms. The quantitative estimate of drug-likeness (QED) is 0.242. The Bertz CT molecular complexity index is 457. The topological polar surface area (TPSA) is 96.9 Å². The van der Waals surface area contributed by atoms with E-state index in [-0.39, 0.29) is 23.9 Å². The van der Waals surface area contributed by atoms with Gasteiger partial charge in [0.25, 0.3) is 0 Å². The van der Waals surface area contributed by atoms with Crippen molar-refractivity contribution in [3.8, 4) is 0 Å². The predicted molar refractivity (Wildman–Crippen MR) is 72.0 cm³/mol. The van der Waals surface area contributed by atoms with Crippen molar-refractivity contribution >= 4 is 11.8 Å². The second-order valence-electron chi connectivity index (χ2n) is 4.24. The lowest BCUT2D eigenvalue weighted by atomic mass is 10.0. The van der Waals surface area contributed by atoms with E-state index in [2.05, 4.69) is 15.2 Å². The highest BCUT2D eigenvalue weighted by atomic mass is 16.5. The minimum absolute atomic E-state index is 0.0181. The summed E-state index contributed by atoms with van der Waals surface area (Å²) in [6.07, 6.45) is 0. The first-order valence-corrected chi connectivity index (χ1v) is 5.91. The summed E-state index contributed by atoms with van der Waals surface area (Å²) in [5, 5.41) is 14.6. The van der Waals surface area contributed by atoms with Crippen LogP contribution in [0.2, 0.25) is 0 Å². The largest absolute Gasteiger partial charge is 0.468 e. The fourth-order valence-corrected chi connectivity index (χ4v) is 1.72. The van der Waals surface area contributed by atoms with Gasteiger partial charge in [0.15, 0.2) is 5.84 Å². The Balaban J connectivity index is 2.73. The minimum atomic E-state index is -0.385. The molecule has 0 unspecified atom stereocenters. The van der Waals surface area contributed by atoms with Crippen LogP contribution in [0.3, 0.4) is 0 Å². The number of methoxy groups -OCH3 is 1. The third-order valence-electron chi connectivity index (χ3n) is 2.87. The molecule has 104 valence electrons. The molecule has 0 saturated heterocycles. The van der Waals surface area contributed by atoms with E-state index in [1.807, 2.05) is 19.1 Å². The number of carbonyl (C=O) groups is 1. The van der Waals surface area contributed by atoms with Crippen LogP contribution in [0.25, 0.3) is 0 Å². The summed E-state index contributed by atoms with van der Waals surface area (Å²) in [5.74, 6) is -0.241. The van der Waals surface area contributed by atoms with Gasteiger partial charge in [-0.25, -0.2) is 0 Å². The van der Waals surface area contributed by atoms with Gasteiger partial charge in [0.05, 0.1) is 7.11 Å². The van der Waals surface area contributed by atoms with Gasteiger partial charge in [-0.05, 0) is 19.4 Å². The second-order valence-corrected chi connectivity index (χ2v) is 4.24. The van der Waals surface area contributed by atoms with Crippen LogP contribution in [0.5, 0.6) is 0 Å². The van der Waals surface area contributed by atoms with Gasteiger partial charge >= 0.3 is 5.97 Å². The lowest BCUT2D eigenvalue weighted by Gasteiger charge is -2.18. The van der Waals surface area contributed by atoms with E-state index in [0.29, 0.717) is 5.56 Å². The normalized spacial score (nSPS) is 14.8. The molecule has 0 radical (unpaired) electrons. The van der Waals surface area contributed by atoms with Crippen LogP contribution in [0.4, 0.5) is 0 Å². The first kappa shape index (κ1) is 15.0. The minimum Gasteiger partial charge on any atom is -0.468 e. The van der Waals surface area contributed by atoms with Crippen LogP contribution < -0.4 is 11.1 Å². The molecule has 0 aliphatic rings. The Hall–Kier alpha value is -2.08. The third-order valence-corrected chi connectivity index (χ3v) is 2.87. The third kappa shape index (κ3) is 3.96. The van der Waals surface area contributed by atoms with Gasteiger partial charge in [-0.1, -0.05) is 29.4 Å². The average Bonchev–Trinajstić information content (AvgIpc) is 2.45. The van der Waals surface area contributed by atoms with Crippen molar-refractivity contribution < 1.29 is 14.7 Å². The number of nitrogens with zero attached hydrogens (tertiary/aromatic N) is 1. The summed E-state index contributed by atoms with van der Waals surface area (Å²) < 4.78 is 4.65. The molecule has 0 aromatic heterocycles. The first-order valence-electron chi connectivity index (χ1n) is 5.91. The maximum atomic E-state index is 11.3. The number of hydrogen-bond donors (Lipinski definition) is 3. The summed E-state index contributed by atoms with van der Waals surface area (Å²) in [6, 6.07) is 6.82. The lowest BCUT2D eigenvalue weighted by molar-refractivity contribution is -0.142. The van der Waals surface area contributed by atoms with E-state index in [4.69, 9.17) is 10.9 Å². The van der Waals surface area contributed by atoms with Crippen molar-refractivity contribution in [1.29, 1.82) is 0 Å². The van der Waals surface area contributed by atoms with Crippen LogP contribution in [0, 0.1) is 0 Å². The molecule has 1 aromatic carbocycles. The van der Waals surface area contributed by atoms with Crippen molar-refractivity contribution in [2.75, 3.05) is 7.11 Å². The Morgan fingerprint density at radius 3 is 2.42 bits per heavy atom. The molecular formula is C13H19N3O3. The standard InChI is InChI=1S/C13H19N3O3/c1-8(15-9(2)13(17)19-3)10-4-6-11(7-5-10)12(14)16-18/h4-9,15,18H,1-3H3,(H2,14,16)/t8-,9-/m0/s1. The number of nitrogens with two attached hydrogens (primary N) is 1. The highest BCUT2D eigenvalue weighted by Gasteiger charge is 2.16. The number of oxime groups is 1. The summed E-state index contributed by atoms with van der Waals surface area (Å²) in [7, 11) is 1.36. The molecule has 1 aromatic rings. The summed E-state index contributed by atoms with van der Waals surface area (Å²) in [4.78, 5) is 11.3. The van der Waals surface area contributed by atoms with E-state index in [1.165, 1.54) is 7.11 Å². The van der Waals surface area contributed by atoms with Gasteiger partial charge in [-0.15, -0.1) is 0 Å². The van der Waals surface area contributed by atoms with Gasteiger partial charge in [0, 0.05) is 11.6 Å². The number of hydrogen-bond acceptors (Lipinski definition) is 5. The molecule has 0 saturated carbocycles. The van der Waals surface area contributed by atoms with Crippen LogP contribution in [0.15, 0.2) is 29.4 Å². The van der Waals surface area contributed by atoms with Crippen molar-refractivity contribution in [1.82, 2.24) is 5.32 Å². The molecule has 1 rings (SSSR count). The van der Waals surface area contributed by atoms with Crippen molar-refractivity contribution in [3.63, 3.8) is 0 Å². The van der Waals surface area contributed by atoms with Gasteiger partial charge in [-0.3, -0.25) is 10.1 Å². The number of nitrogens with one attached hydrogen (secondary N) is 1. The van der Waals surface area contributed by atoms with Gasteiger partial charge < -0.3 is 15.7 Å². The predicted octanol–water partition coefficient (Wildman–Crippen LogP) is 0.993. The summed E-state index contributed by atoms with van der Waals surface area (Å²) in [6.45, 7) is 3.69. The highest BCUT2D eigenvalue weighted by Crippen LogP contribution is 2.14. The highest BCUT2D eigenvalue weighted by molar-refractivity contribution is 5.96. The molecule has 0 amide bonds. The fraction of sp³-hybridized carbons (Fsp3) is 0.385. The Morgan fingerprint density at radius 1 is 1.37 bits per heavy atom. The Kier molecular flexibility index (Phi) is 5.32.